The van der Waals surface area contributed by atoms with Gasteiger partial charge in [-0.1, -0.05) is 13.8 Å². The monoisotopic (exact) mass is 380 g/mol. The summed E-state index contributed by atoms with van der Waals surface area (Å²) in [5.74, 6) is 2.87. The second-order valence-electron chi connectivity index (χ2n) is 6.48. The van der Waals surface area contributed by atoms with E-state index in [2.05, 4.69) is 13.8 Å². The molecule has 26 heavy (non-hydrogen) atoms. The Hall–Kier alpha value is -2.01. The Labute approximate surface area is 153 Å². The highest BCUT2D eigenvalue weighted by atomic mass is 31.2. The van der Waals surface area contributed by atoms with E-state index in [-0.39, 0.29) is 5.92 Å². The van der Waals surface area contributed by atoms with Crippen LogP contribution >= 0.6 is 7.60 Å². The van der Waals surface area contributed by atoms with E-state index in [1.54, 1.807) is 19.2 Å². The molecule has 0 aromatic heterocycles. The number of aryl methyl sites for hydroxylation is 2. The Morgan fingerprint density at radius 2 is 1.65 bits per heavy atom. The van der Waals surface area contributed by atoms with Crippen molar-refractivity contribution in [3.05, 3.63) is 47.0 Å². The first-order valence-corrected chi connectivity index (χ1v) is 10.0. The fraction of sp³-hybridized carbons (Fsp3) is 0.368. The summed E-state index contributed by atoms with van der Waals surface area (Å²) in [5.41, 5.74) is 2.66. The molecule has 7 heteroatoms. The average Bonchev–Trinajstić information content (AvgIpc) is 2.55. The second kappa shape index (κ2) is 8.12. The predicted octanol–water partition coefficient (Wildman–Crippen LogP) is 4.74. The minimum Gasteiger partial charge on any atom is -0.497 e. The van der Waals surface area contributed by atoms with E-state index >= 15 is 0 Å². The summed E-state index contributed by atoms with van der Waals surface area (Å²) >= 11 is 0. The molecule has 0 aliphatic carbocycles. The van der Waals surface area contributed by atoms with Gasteiger partial charge < -0.3 is 24.0 Å². The van der Waals surface area contributed by atoms with Crippen LogP contribution in [0.25, 0.3) is 0 Å². The Morgan fingerprint density at radius 3 is 2.15 bits per heavy atom. The number of hydrogen-bond acceptors (Lipinski definition) is 4. The van der Waals surface area contributed by atoms with Gasteiger partial charge in [-0.2, -0.15) is 0 Å². The third kappa shape index (κ3) is 5.24. The lowest BCUT2D eigenvalue weighted by Crippen LogP contribution is -2.01. The third-order valence-corrected chi connectivity index (χ3v) is 4.35. The van der Waals surface area contributed by atoms with Crippen molar-refractivity contribution < 1.29 is 28.6 Å². The number of ether oxygens (including phenoxy) is 3. The topological polar surface area (TPSA) is 85.2 Å². The molecule has 0 heterocycles. The molecule has 2 N–H and O–H groups in total. The normalized spacial score (nSPS) is 11.5. The van der Waals surface area contributed by atoms with E-state index in [1.165, 1.54) is 0 Å². The van der Waals surface area contributed by atoms with Crippen LogP contribution in [0.5, 0.6) is 23.0 Å². The number of methoxy groups -OCH3 is 1. The van der Waals surface area contributed by atoms with Crippen LogP contribution in [-0.2, 0) is 4.57 Å². The zero-order chi connectivity index (χ0) is 19.5. The molecule has 0 aliphatic rings. The van der Waals surface area contributed by atoms with Crippen molar-refractivity contribution in [1.29, 1.82) is 0 Å². The summed E-state index contributed by atoms with van der Waals surface area (Å²) in [6.07, 6.45) is -0.651. The number of hydrogen-bond donors (Lipinski definition) is 2. The predicted molar refractivity (Wildman–Crippen MR) is 101 cm³/mol. The molecule has 0 aliphatic heterocycles. The minimum atomic E-state index is -4.22. The number of benzene rings is 2. The Kier molecular flexibility index (Phi) is 6.34. The first-order valence-electron chi connectivity index (χ1n) is 8.25. The maximum absolute atomic E-state index is 11.0. The quantitative estimate of drug-likeness (QED) is 0.675. The van der Waals surface area contributed by atoms with Gasteiger partial charge in [0.25, 0.3) is 0 Å². The number of rotatable bonds is 7. The first-order chi connectivity index (χ1) is 12.1. The van der Waals surface area contributed by atoms with Crippen LogP contribution in [0.2, 0.25) is 0 Å². The van der Waals surface area contributed by atoms with Crippen LogP contribution in [0, 0.1) is 13.8 Å². The molecule has 0 spiro atoms. The summed E-state index contributed by atoms with van der Waals surface area (Å²) in [4.78, 5) is 17.9. The van der Waals surface area contributed by atoms with Crippen LogP contribution in [0.1, 0.15) is 36.5 Å². The van der Waals surface area contributed by atoms with Crippen LogP contribution in [0.4, 0.5) is 0 Å². The fourth-order valence-electron chi connectivity index (χ4n) is 2.62. The van der Waals surface area contributed by atoms with Crippen LogP contribution in [-0.4, -0.2) is 23.2 Å². The highest BCUT2D eigenvalue weighted by molar-refractivity contribution is 7.51. The van der Waals surface area contributed by atoms with Gasteiger partial charge in [0.1, 0.15) is 23.0 Å². The van der Waals surface area contributed by atoms with Crippen LogP contribution in [0.3, 0.4) is 0 Å². The molecule has 0 saturated carbocycles. The van der Waals surface area contributed by atoms with Crippen LogP contribution < -0.4 is 14.2 Å². The van der Waals surface area contributed by atoms with Crippen molar-refractivity contribution in [1.82, 2.24) is 0 Å². The molecule has 0 amide bonds. The van der Waals surface area contributed by atoms with E-state index in [0.717, 1.165) is 28.2 Å². The lowest BCUT2D eigenvalue weighted by atomic mass is 10.0. The molecular weight excluding hydrogens is 355 g/mol. The van der Waals surface area contributed by atoms with E-state index in [0.29, 0.717) is 11.5 Å². The average molecular weight is 380 g/mol. The summed E-state index contributed by atoms with van der Waals surface area (Å²) < 4.78 is 27.6. The van der Waals surface area contributed by atoms with E-state index in [1.807, 2.05) is 32.0 Å². The van der Waals surface area contributed by atoms with Crippen molar-refractivity contribution in [2.45, 2.75) is 33.6 Å². The molecular formula is C19H25O6P. The highest BCUT2D eigenvalue weighted by Crippen LogP contribution is 2.39. The van der Waals surface area contributed by atoms with Crippen molar-refractivity contribution >= 4 is 7.60 Å². The zero-order valence-electron chi connectivity index (χ0n) is 15.6. The third-order valence-electron chi connectivity index (χ3n) is 3.88. The molecule has 0 radical (unpaired) electrons. The molecule has 2 rings (SSSR count). The van der Waals surface area contributed by atoms with Gasteiger partial charge in [-0.15, -0.1) is 0 Å². The van der Waals surface area contributed by atoms with Crippen molar-refractivity contribution in [2.75, 3.05) is 13.5 Å². The first kappa shape index (κ1) is 20.3. The van der Waals surface area contributed by atoms with Gasteiger partial charge in [0.2, 0.25) is 0 Å². The molecule has 0 bridgehead atoms. The van der Waals surface area contributed by atoms with Gasteiger partial charge in [-0.25, -0.2) is 0 Å². The summed E-state index contributed by atoms with van der Waals surface area (Å²) in [7, 11) is -2.59. The minimum absolute atomic E-state index is 0.256. The van der Waals surface area contributed by atoms with Crippen molar-refractivity contribution in [3.63, 3.8) is 0 Å². The van der Waals surface area contributed by atoms with Gasteiger partial charge in [0, 0.05) is 5.56 Å². The lowest BCUT2D eigenvalue weighted by Gasteiger charge is -2.18. The fourth-order valence-corrected chi connectivity index (χ4v) is 2.94. The van der Waals surface area contributed by atoms with Crippen molar-refractivity contribution in [3.8, 4) is 23.0 Å². The van der Waals surface area contributed by atoms with Crippen molar-refractivity contribution in [2.24, 2.45) is 0 Å². The van der Waals surface area contributed by atoms with Gasteiger partial charge in [0.05, 0.1) is 7.11 Å². The van der Waals surface area contributed by atoms with Gasteiger partial charge in [-0.3, -0.25) is 4.57 Å². The largest absolute Gasteiger partial charge is 0.497 e. The summed E-state index contributed by atoms with van der Waals surface area (Å²) in [5, 5.41) is 0. The molecule has 2 aromatic rings. The maximum atomic E-state index is 11.0. The SMILES string of the molecule is COc1ccc(Oc2c(C)cc(OCP(=O)(O)O)cc2C)c(C(C)C)c1. The molecule has 0 unspecified atom stereocenters. The highest BCUT2D eigenvalue weighted by Gasteiger charge is 2.17. The molecule has 2 aromatic carbocycles. The van der Waals surface area contributed by atoms with Gasteiger partial charge in [0.15, 0.2) is 6.35 Å². The zero-order valence-corrected chi connectivity index (χ0v) is 16.5. The smallest absolute Gasteiger partial charge is 0.362 e. The van der Waals surface area contributed by atoms with Gasteiger partial charge in [-0.05, 0) is 61.2 Å². The van der Waals surface area contributed by atoms with Gasteiger partial charge >= 0.3 is 7.60 Å². The maximum Gasteiger partial charge on any atom is 0.362 e. The molecule has 142 valence electrons. The molecule has 0 fully saturated rings. The van der Waals surface area contributed by atoms with E-state index in [4.69, 9.17) is 24.0 Å². The standard InChI is InChI=1S/C19H25O6P/c1-12(2)17-10-15(23-5)6-7-18(17)25-19-13(3)8-16(9-14(19)4)24-11-26(20,21)22/h6-10,12H,11H2,1-5H3,(H2,20,21,22). The Morgan fingerprint density at radius 1 is 1.04 bits per heavy atom. The second-order valence-corrected chi connectivity index (χ2v) is 8.07. The van der Waals surface area contributed by atoms with Crippen LogP contribution in [0.15, 0.2) is 30.3 Å². The Balaban J connectivity index is 2.31. The molecule has 6 nitrogen and oxygen atoms in total. The van der Waals surface area contributed by atoms with E-state index in [9.17, 15) is 4.57 Å². The summed E-state index contributed by atoms with van der Waals surface area (Å²) in [6, 6.07) is 9.10. The summed E-state index contributed by atoms with van der Waals surface area (Å²) in [6.45, 7) is 7.90. The van der Waals surface area contributed by atoms with E-state index < -0.39 is 13.9 Å². The molecule has 0 atom stereocenters. The Bertz CT molecular complexity index is 802. The lowest BCUT2D eigenvalue weighted by molar-refractivity contribution is 0.300. The molecule has 0 saturated heterocycles.